The van der Waals surface area contributed by atoms with E-state index < -0.39 is 0 Å². The molecule has 29 heavy (non-hydrogen) atoms. The number of hydrogen-bond acceptors (Lipinski definition) is 4. The Morgan fingerprint density at radius 2 is 1.14 bits per heavy atom. The fourth-order valence-corrected chi connectivity index (χ4v) is 3.69. The van der Waals surface area contributed by atoms with E-state index in [2.05, 4.69) is 18.7 Å². The van der Waals surface area contributed by atoms with Crippen molar-refractivity contribution < 1.29 is 14.6 Å². The number of aliphatic hydroxyl groups excluding tert-OH is 1. The van der Waals surface area contributed by atoms with Crippen molar-refractivity contribution in [2.24, 2.45) is 0 Å². The van der Waals surface area contributed by atoms with Crippen LogP contribution < -0.4 is 0 Å². The first kappa shape index (κ1) is 28.4. The summed E-state index contributed by atoms with van der Waals surface area (Å²) in [4.78, 5) is 14.2. The Labute approximate surface area is 181 Å². The molecule has 1 N–H and O–H groups in total. The molecule has 0 aliphatic heterocycles. The highest BCUT2D eigenvalue weighted by Gasteiger charge is 2.06. The highest BCUT2D eigenvalue weighted by molar-refractivity contribution is 5.69. The largest absolute Gasteiger partial charge is 0.466 e. The first-order valence-corrected chi connectivity index (χ1v) is 12.7. The van der Waals surface area contributed by atoms with E-state index in [0.29, 0.717) is 13.0 Å². The van der Waals surface area contributed by atoms with E-state index in [0.717, 1.165) is 45.3 Å². The quantitative estimate of drug-likeness (QED) is 0.153. The molecule has 0 atom stereocenters. The smallest absolute Gasteiger partial charge is 0.305 e. The minimum atomic E-state index is -0.0312. The van der Waals surface area contributed by atoms with Gasteiger partial charge in [-0.05, 0) is 38.8 Å². The minimum Gasteiger partial charge on any atom is -0.466 e. The van der Waals surface area contributed by atoms with Crippen LogP contribution in [0.1, 0.15) is 123 Å². The van der Waals surface area contributed by atoms with Crippen LogP contribution in [0.3, 0.4) is 0 Å². The number of unbranched alkanes of at least 4 members (excludes halogenated alkanes) is 13. The van der Waals surface area contributed by atoms with Gasteiger partial charge in [-0.3, -0.25) is 4.79 Å². The van der Waals surface area contributed by atoms with Crippen LogP contribution in [0, 0.1) is 0 Å². The third kappa shape index (κ3) is 21.9. The summed E-state index contributed by atoms with van der Waals surface area (Å²) < 4.78 is 5.36. The van der Waals surface area contributed by atoms with Gasteiger partial charge < -0.3 is 14.7 Å². The molecule has 0 fully saturated rings. The predicted octanol–water partition coefficient (Wildman–Crippen LogP) is 6.50. The second kappa shape index (κ2) is 23.7. The SMILES string of the molecule is CCCCCCCCCCCOC(=O)CCCCCN(CCO)CCCCCC. The number of carbonyl (C=O) groups is 1. The molecule has 0 bridgehead atoms. The summed E-state index contributed by atoms with van der Waals surface area (Å²) in [6.45, 7) is 8.20. The molecule has 0 aliphatic rings. The van der Waals surface area contributed by atoms with Crippen LogP contribution in [0.25, 0.3) is 0 Å². The van der Waals surface area contributed by atoms with Gasteiger partial charge in [-0.1, -0.05) is 90.9 Å². The maximum absolute atomic E-state index is 11.8. The van der Waals surface area contributed by atoms with E-state index >= 15 is 0 Å². The number of hydrogen-bond donors (Lipinski definition) is 1. The maximum atomic E-state index is 11.8. The van der Waals surface area contributed by atoms with Crippen molar-refractivity contribution in [1.82, 2.24) is 4.90 Å². The van der Waals surface area contributed by atoms with Gasteiger partial charge >= 0.3 is 5.97 Å². The van der Waals surface area contributed by atoms with Crippen molar-refractivity contribution >= 4 is 5.97 Å². The number of ether oxygens (including phenoxy) is 1. The standard InChI is InChI=1S/C25H51NO3/c1-3-5-7-9-10-11-12-13-18-24-29-25(28)19-15-14-17-21-26(22-23-27)20-16-8-6-4-2/h27H,3-24H2,1-2H3. The molecule has 0 unspecified atom stereocenters. The normalized spacial score (nSPS) is 11.3. The minimum absolute atomic E-state index is 0.0312. The van der Waals surface area contributed by atoms with Gasteiger partial charge in [0, 0.05) is 13.0 Å². The Kier molecular flexibility index (Phi) is 23.2. The molecule has 0 heterocycles. The highest BCUT2D eigenvalue weighted by Crippen LogP contribution is 2.10. The molecule has 0 saturated heterocycles. The van der Waals surface area contributed by atoms with Crippen molar-refractivity contribution in [1.29, 1.82) is 0 Å². The first-order valence-electron chi connectivity index (χ1n) is 12.7. The molecule has 174 valence electrons. The van der Waals surface area contributed by atoms with E-state index in [1.54, 1.807) is 0 Å². The predicted molar refractivity (Wildman–Crippen MR) is 124 cm³/mol. The van der Waals surface area contributed by atoms with Gasteiger partial charge in [0.05, 0.1) is 13.2 Å². The molecule has 0 amide bonds. The molecule has 0 aromatic carbocycles. The van der Waals surface area contributed by atoms with E-state index in [-0.39, 0.29) is 12.6 Å². The monoisotopic (exact) mass is 413 g/mol. The van der Waals surface area contributed by atoms with Gasteiger partial charge in [0.25, 0.3) is 0 Å². The third-order valence-corrected chi connectivity index (χ3v) is 5.61. The van der Waals surface area contributed by atoms with Gasteiger partial charge in [0.2, 0.25) is 0 Å². The van der Waals surface area contributed by atoms with Crippen LogP contribution in [0.2, 0.25) is 0 Å². The van der Waals surface area contributed by atoms with E-state index in [9.17, 15) is 9.90 Å². The lowest BCUT2D eigenvalue weighted by Crippen LogP contribution is -2.29. The Hall–Kier alpha value is -0.610. The molecular formula is C25H51NO3. The average Bonchev–Trinajstić information content (AvgIpc) is 2.72. The van der Waals surface area contributed by atoms with Crippen LogP contribution in [-0.4, -0.2) is 48.8 Å². The number of carbonyl (C=O) groups excluding carboxylic acids is 1. The van der Waals surface area contributed by atoms with Crippen LogP contribution >= 0.6 is 0 Å². The summed E-state index contributed by atoms with van der Waals surface area (Å²) in [6, 6.07) is 0. The summed E-state index contributed by atoms with van der Waals surface area (Å²) >= 11 is 0. The number of nitrogens with zero attached hydrogens (tertiary/aromatic N) is 1. The molecule has 0 spiro atoms. The zero-order chi connectivity index (χ0) is 21.4. The molecular weight excluding hydrogens is 362 g/mol. The highest BCUT2D eigenvalue weighted by atomic mass is 16.5. The van der Waals surface area contributed by atoms with E-state index in [4.69, 9.17) is 4.74 Å². The van der Waals surface area contributed by atoms with E-state index in [1.165, 1.54) is 77.0 Å². The fraction of sp³-hybridized carbons (Fsp3) is 0.960. The molecule has 0 rings (SSSR count). The molecule has 0 aromatic heterocycles. The molecule has 0 aromatic rings. The van der Waals surface area contributed by atoms with Gasteiger partial charge in [-0.2, -0.15) is 0 Å². The van der Waals surface area contributed by atoms with Gasteiger partial charge in [0.1, 0.15) is 0 Å². The summed E-state index contributed by atoms with van der Waals surface area (Å²) in [5, 5.41) is 9.21. The zero-order valence-electron chi connectivity index (χ0n) is 19.8. The van der Waals surface area contributed by atoms with Gasteiger partial charge in [0.15, 0.2) is 0 Å². The van der Waals surface area contributed by atoms with Crippen molar-refractivity contribution in [3.8, 4) is 0 Å². The van der Waals surface area contributed by atoms with Gasteiger partial charge in [-0.15, -0.1) is 0 Å². The average molecular weight is 414 g/mol. The van der Waals surface area contributed by atoms with E-state index in [1.807, 2.05) is 0 Å². The Morgan fingerprint density at radius 1 is 0.655 bits per heavy atom. The third-order valence-electron chi connectivity index (χ3n) is 5.61. The molecule has 0 radical (unpaired) electrons. The van der Waals surface area contributed by atoms with Crippen LogP contribution in [-0.2, 0) is 9.53 Å². The Balaban J connectivity index is 3.45. The van der Waals surface area contributed by atoms with Crippen LogP contribution in [0.5, 0.6) is 0 Å². The number of aliphatic hydroxyl groups is 1. The van der Waals surface area contributed by atoms with Crippen molar-refractivity contribution in [2.45, 2.75) is 123 Å². The number of esters is 1. The van der Waals surface area contributed by atoms with Crippen molar-refractivity contribution in [3.05, 3.63) is 0 Å². The Bertz CT molecular complexity index is 336. The van der Waals surface area contributed by atoms with Crippen molar-refractivity contribution in [2.75, 3.05) is 32.8 Å². The second-order valence-electron chi connectivity index (χ2n) is 8.49. The zero-order valence-corrected chi connectivity index (χ0v) is 19.8. The fourth-order valence-electron chi connectivity index (χ4n) is 3.69. The topological polar surface area (TPSA) is 49.8 Å². The lowest BCUT2D eigenvalue weighted by Gasteiger charge is -2.21. The number of rotatable bonds is 23. The maximum Gasteiger partial charge on any atom is 0.305 e. The summed E-state index contributed by atoms with van der Waals surface area (Å²) in [6.07, 6.45) is 20.3. The molecule has 0 saturated carbocycles. The first-order chi connectivity index (χ1) is 14.2. The Morgan fingerprint density at radius 3 is 1.69 bits per heavy atom. The second-order valence-corrected chi connectivity index (χ2v) is 8.49. The summed E-state index contributed by atoms with van der Waals surface area (Å²) in [5.41, 5.74) is 0. The molecule has 4 nitrogen and oxygen atoms in total. The van der Waals surface area contributed by atoms with Crippen LogP contribution in [0.4, 0.5) is 0 Å². The molecule has 0 aliphatic carbocycles. The summed E-state index contributed by atoms with van der Waals surface area (Å²) in [5.74, 6) is -0.0312. The lowest BCUT2D eigenvalue weighted by molar-refractivity contribution is -0.143. The molecule has 4 heteroatoms. The van der Waals surface area contributed by atoms with Crippen molar-refractivity contribution in [3.63, 3.8) is 0 Å². The van der Waals surface area contributed by atoms with Crippen LogP contribution in [0.15, 0.2) is 0 Å². The van der Waals surface area contributed by atoms with Gasteiger partial charge in [-0.25, -0.2) is 0 Å². The lowest BCUT2D eigenvalue weighted by atomic mass is 10.1. The summed E-state index contributed by atoms with van der Waals surface area (Å²) in [7, 11) is 0.